The third-order valence-corrected chi connectivity index (χ3v) is 2.72. The van der Waals surface area contributed by atoms with Crippen molar-refractivity contribution in [1.29, 1.82) is 0 Å². The van der Waals surface area contributed by atoms with Gasteiger partial charge in [0.1, 0.15) is 6.61 Å². The first-order valence-corrected chi connectivity index (χ1v) is 7.57. The van der Waals surface area contributed by atoms with Crippen LogP contribution in [0.15, 0.2) is 29.3 Å². The zero-order chi connectivity index (χ0) is 17.3. The van der Waals surface area contributed by atoms with E-state index < -0.39 is 12.8 Å². The van der Waals surface area contributed by atoms with Crippen molar-refractivity contribution in [2.24, 2.45) is 4.99 Å². The number of ether oxygens (including phenoxy) is 1. The van der Waals surface area contributed by atoms with Crippen LogP contribution in [-0.4, -0.2) is 31.3 Å². The predicted molar refractivity (Wildman–Crippen MR) is 101 cm³/mol. The molecule has 1 aromatic rings. The molecule has 0 aliphatic carbocycles. The van der Waals surface area contributed by atoms with Crippen LogP contribution >= 0.6 is 24.0 Å². The van der Waals surface area contributed by atoms with Gasteiger partial charge in [-0.1, -0.05) is 24.3 Å². The predicted octanol–water partition coefficient (Wildman–Crippen LogP) is 3.85. The van der Waals surface area contributed by atoms with Crippen molar-refractivity contribution in [3.8, 4) is 0 Å². The summed E-state index contributed by atoms with van der Waals surface area (Å²) < 4.78 is 40.9. The van der Waals surface area contributed by atoms with Gasteiger partial charge in [0.15, 0.2) is 5.96 Å². The van der Waals surface area contributed by atoms with E-state index in [0.29, 0.717) is 18.1 Å². The largest absolute Gasteiger partial charge is 0.411 e. The lowest BCUT2D eigenvalue weighted by molar-refractivity contribution is -0.176. The van der Waals surface area contributed by atoms with Gasteiger partial charge in [0, 0.05) is 12.6 Å². The first-order valence-electron chi connectivity index (χ1n) is 7.57. The van der Waals surface area contributed by atoms with Gasteiger partial charge in [-0.25, -0.2) is 4.99 Å². The van der Waals surface area contributed by atoms with Gasteiger partial charge in [0.2, 0.25) is 0 Å². The normalized spacial score (nSPS) is 12.0. The second-order valence-corrected chi connectivity index (χ2v) is 5.42. The summed E-state index contributed by atoms with van der Waals surface area (Å²) in [5, 5.41) is 6.34. The fourth-order valence-electron chi connectivity index (χ4n) is 1.87. The minimum absolute atomic E-state index is 0. The first-order chi connectivity index (χ1) is 10.8. The molecule has 0 aromatic heterocycles. The molecule has 2 N–H and O–H groups in total. The molecule has 0 spiro atoms. The van der Waals surface area contributed by atoms with E-state index in [1.54, 1.807) is 18.2 Å². The summed E-state index contributed by atoms with van der Waals surface area (Å²) in [5.74, 6) is 0.709. The molecule has 0 atom stereocenters. The summed E-state index contributed by atoms with van der Waals surface area (Å²) in [6, 6.07) is 7.48. The maximum absolute atomic E-state index is 12.1. The number of rotatable bonds is 7. The van der Waals surface area contributed by atoms with Crippen LogP contribution in [-0.2, 0) is 17.9 Å². The highest BCUT2D eigenvalue weighted by molar-refractivity contribution is 14.0. The number of alkyl halides is 3. The Morgan fingerprint density at radius 1 is 1.25 bits per heavy atom. The van der Waals surface area contributed by atoms with E-state index >= 15 is 0 Å². The van der Waals surface area contributed by atoms with Crippen molar-refractivity contribution in [1.82, 2.24) is 10.6 Å². The quantitative estimate of drug-likeness (QED) is 0.370. The Kier molecular flexibility index (Phi) is 11.0. The highest BCUT2D eigenvalue weighted by Crippen LogP contribution is 2.16. The van der Waals surface area contributed by atoms with Crippen molar-refractivity contribution in [2.75, 3.05) is 13.2 Å². The number of aliphatic imine (C=N–C) groups is 1. The Bertz CT molecular complexity index is 508. The SMILES string of the molecule is CCNC(=NCc1cccc(COCC(F)(F)F)c1)NC(C)C.I. The Labute approximate surface area is 158 Å². The molecule has 0 aliphatic heterocycles. The van der Waals surface area contributed by atoms with Crippen molar-refractivity contribution >= 4 is 29.9 Å². The lowest BCUT2D eigenvalue weighted by Crippen LogP contribution is -2.40. The average molecular weight is 459 g/mol. The molecule has 0 unspecified atom stereocenters. The summed E-state index contributed by atoms with van der Waals surface area (Å²) in [4.78, 5) is 4.46. The summed E-state index contributed by atoms with van der Waals surface area (Å²) in [7, 11) is 0. The van der Waals surface area contributed by atoms with E-state index in [-0.39, 0.29) is 36.6 Å². The Morgan fingerprint density at radius 3 is 2.50 bits per heavy atom. The van der Waals surface area contributed by atoms with Gasteiger partial charge < -0.3 is 15.4 Å². The summed E-state index contributed by atoms with van der Waals surface area (Å²) in [6.45, 7) is 5.91. The first kappa shape index (κ1) is 23.0. The van der Waals surface area contributed by atoms with Crippen LogP contribution in [0.1, 0.15) is 31.9 Å². The van der Waals surface area contributed by atoms with E-state index in [1.807, 2.05) is 26.8 Å². The zero-order valence-corrected chi connectivity index (χ0v) is 16.4. The smallest absolute Gasteiger partial charge is 0.367 e. The topological polar surface area (TPSA) is 45.7 Å². The molecule has 1 aromatic carbocycles. The standard InChI is InChI=1S/C16H24F3N3O.HI/c1-4-20-15(22-12(2)3)21-9-13-6-5-7-14(8-13)10-23-11-16(17,18)19;/h5-8,12H,4,9-11H2,1-3H3,(H2,20,21,22);1H. The molecular weight excluding hydrogens is 434 g/mol. The number of halogens is 4. The van der Waals surface area contributed by atoms with Crippen molar-refractivity contribution in [3.63, 3.8) is 0 Å². The Balaban J connectivity index is 0.00000529. The second-order valence-electron chi connectivity index (χ2n) is 5.42. The zero-order valence-electron chi connectivity index (χ0n) is 14.1. The van der Waals surface area contributed by atoms with E-state index in [4.69, 9.17) is 0 Å². The summed E-state index contributed by atoms with van der Waals surface area (Å²) in [5.41, 5.74) is 1.61. The summed E-state index contributed by atoms with van der Waals surface area (Å²) >= 11 is 0. The Morgan fingerprint density at radius 2 is 1.92 bits per heavy atom. The van der Waals surface area contributed by atoms with Crippen molar-refractivity contribution in [2.45, 2.75) is 46.1 Å². The van der Waals surface area contributed by atoms with Crippen LogP contribution in [0.2, 0.25) is 0 Å². The lowest BCUT2D eigenvalue weighted by atomic mass is 10.1. The van der Waals surface area contributed by atoms with Crippen molar-refractivity contribution in [3.05, 3.63) is 35.4 Å². The van der Waals surface area contributed by atoms with Gasteiger partial charge in [0.25, 0.3) is 0 Å². The molecule has 0 aliphatic rings. The van der Waals surface area contributed by atoms with E-state index in [1.165, 1.54) is 0 Å². The third-order valence-electron chi connectivity index (χ3n) is 2.72. The number of hydrogen-bond acceptors (Lipinski definition) is 2. The van der Waals surface area contributed by atoms with Crippen LogP contribution in [0.5, 0.6) is 0 Å². The number of guanidine groups is 1. The minimum Gasteiger partial charge on any atom is -0.367 e. The molecular formula is C16H25F3IN3O. The lowest BCUT2D eigenvalue weighted by Gasteiger charge is -2.14. The van der Waals surface area contributed by atoms with Crippen LogP contribution in [0.25, 0.3) is 0 Å². The van der Waals surface area contributed by atoms with Gasteiger partial charge in [-0.05, 0) is 31.9 Å². The van der Waals surface area contributed by atoms with Crippen LogP contribution < -0.4 is 10.6 Å². The fraction of sp³-hybridized carbons (Fsp3) is 0.562. The molecule has 4 nitrogen and oxygen atoms in total. The van der Waals surface area contributed by atoms with Gasteiger partial charge in [-0.2, -0.15) is 13.2 Å². The summed E-state index contributed by atoms with van der Waals surface area (Å²) in [6.07, 6.45) is -4.30. The van der Waals surface area contributed by atoms with Gasteiger partial charge in [0.05, 0.1) is 13.2 Å². The maximum atomic E-state index is 12.1. The second kappa shape index (κ2) is 11.5. The molecule has 0 saturated heterocycles. The number of nitrogens with zero attached hydrogens (tertiary/aromatic N) is 1. The molecule has 8 heteroatoms. The Hall–Kier alpha value is -1.03. The van der Waals surface area contributed by atoms with Crippen molar-refractivity contribution < 1.29 is 17.9 Å². The molecule has 0 radical (unpaired) electrons. The molecule has 138 valence electrons. The third kappa shape index (κ3) is 10.7. The number of nitrogens with one attached hydrogen (secondary N) is 2. The molecule has 0 fully saturated rings. The van der Waals surface area contributed by atoms with Crippen LogP contribution in [0, 0.1) is 0 Å². The molecule has 1 rings (SSSR count). The average Bonchev–Trinajstić information content (AvgIpc) is 2.43. The van der Waals surface area contributed by atoms with Crippen LogP contribution in [0.4, 0.5) is 13.2 Å². The van der Waals surface area contributed by atoms with Crippen LogP contribution in [0.3, 0.4) is 0 Å². The maximum Gasteiger partial charge on any atom is 0.411 e. The molecule has 0 heterocycles. The van der Waals surface area contributed by atoms with Gasteiger partial charge in [-0.3, -0.25) is 0 Å². The fourth-order valence-corrected chi connectivity index (χ4v) is 1.87. The molecule has 0 amide bonds. The molecule has 24 heavy (non-hydrogen) atoms. The number of benzene rings is 1. The van der Waals surface area contributed by atoms with E-state index in [2.05, 4.69) is 20.4 Å². The monoisotopic (exact) mass is 459 g/mol. The minimum atomic E-state index is -4.30. The van der Waals surface area contributed by atoms with E-state index in [0.717, 1.165) is 12.1 Å². The highest BCUT2D eigenvalue weighted by Gasteiger charge is 2.27. The number of hydrogen-bond donors (Lipinski definition) is 2. The van der Waals surface area contributed by atoms with Gasteiger partial charge >= 0.3 is 6.18 Å². The van der Waals surface area contributed by atoms with E-state index in [9.17, 15) is 13.2 Å². The molecule has 0 bridgehead atoms. The highest BCUT2D eigenvalue weighted by atomic mass is 127. The van der Waals surface area contributed by atoms with Gasteiger partial charge in [-0.15, -0.1) is 24.0 Å². The molecule has 0 saturated carbocycles.